The molecule has 272 valence electrons. The SMILES string of the molecule is CC1(C)c2ccccc2-c2ccc(N(c3ccc4c(c3)C(C)(C)c3ccccc3-4)c3ccc4c(c3)oc3cc5c(cc34)oc3c(-c4ccccc4)cccc35)cc21. The lowest BCUT2D eigenvalue weighted by atomic mass is 9.82. The molecule has 0 aliphatic heterocycles. The van der Waals surface area contributed by atoms with Crippen LogP contribution in [0.2, 0.25) is 0 Å². The molecule has 8 aromatic carbocycles. The number of rotatable bonds is 4. The van der Waals surface area contributed by atoms with E-state index in [4.69, 9.17) is 8.83 Å². The van der Waals surface area contributed by atoms with Crippen LogP contribution in [0.4, 0.5) is 17.1 Å². The number of hydrogen-bond acceptors (Lipinski definition) is 3. The Morgan fingerprint density at radius 1 is 0.351 bits per heavy atom. The zero-order valence-corrected chi connectivity index (χ0v) is 32.4. The van der Waals surface area contributed by atoms with Gasteiger partial charge in [0.2, 0.25) is 0 Å². The van der Waals surface area contributed by atoms with Crippen LogP contribution < -0.4 is 4.90 Å². The van der Waals surface area contributed by atoms with Crippen LogP contribution in [0.25, 0.3) is 77.3 Å². The third-order valence-corrected chi connectivity index (χ3v) is 13.1. The Morgan fingerprint density at radius 3 is 1.49 bits per heavy atom. The van der Waals surface area contributed by atoms with Crippen LogP contribution in [0.5, 0.6) is 0 Å². The van der Waals surface area contributed by atoms with Gasteiger partial charge in [-0.15, -0.1) is 0 Å². The summed E-state index contributed by atoms with van der Waals surface area (Å²) in [5, 5.41) is 4.25. The van der Waals surface area contributed by atoms with E-state index in [1.54, 1.807) is 0 Å². The molecule has 0 radical (unpaired) electrons. The Bertz CT molecular complexity index is 3200. The van der Waals surface area contributed by atoms with Gasteiger partial charge in [-0.05, 0) is 98.6 Å². The van der Waals surface area contributed by atoms with Crippen molar-refractivity contribution in [3.05, 3.63) is 186 Å². The largest absolute Gasteiger partial charge is 0.456 e. The standard InChI is InChI=1S/C54H39NO2/c1-53(2)45-19-10-8-15-37(45)39-24-21-33(27-47(39)53)55(34-22-25-40-38-16-9-11-20-46(38)54(3,4)48(40)28-34)35-23-26-41-43-30-51-44(31-50(43)56-49(41)29-35)42-18-12-17-36(52(42)57-51)32-13-6-5-7-14-32/h5-31H,1-4H3. The van der Waals surface area contributed by atoms with Crippen molar-refractivity contribution < 1.29 is 8.83 Å². The van der Waals surface area contributed by atoms with Crippen LogP contribution in [-0.2, 0) is 10.8 Å². The molecule has 2 aromatic heterocycles. The highest BCUT2D eigenvalue weighted by Gasteiger charge is 2.37. The molecule has 3 heteroatoms. The van der Waals surface area contributed by atoms with Gasteiger partial charge in [-0.3, -0.25) is 0 Å². The van der Waals surface area contributed by atoms with Crippen molar-refractivity contribution in [2.75, 3.05) is 4.90 Å². The first-order valence-electron chi connectivity index (χ1n) is 19.9. The smallest absolute Gasteiger partial charge is 0.143 e. The fourth-order valence-corrected chi connectivity index (χ4v) is 10.1. The van der Waals surface area contributed by atoms with Crippen molar-refractivity contribution in [3.63, 3.8) is 0 Å². The third-order valence-electron chi connectivity index (χ3n) is 13.1. The summed E-state index contributed by atoms with van der Waals surface area (Å²) in [6.45, 7) is 9.40. The summed E-state index contributed by atoms with van der Waals surface area (Å²) in [5.41, 5.74) is 19.4. The highest BCUT2D eigenvalue weighted by molar-refractivity contribution is 6.16. The molecule has 3 nitrogen and oxygen atoms in total. The molecule has 0 amide bonds. The molecule has 10 aromatic rings. The van der Waals surface area contributed by atoms with E-state index in [9.17, 15) is 0 Å². The number of anilines is 3. The molecule has 0 bridgehead atoms. The second-order valence-electron chi connectivity index (χ2n) is 16.9. The van der Waals surface area contributed by atoms with Crippen molar-refractivity contribution >= 4 is 60.9 Å². The number of benzene rings is 8. The highest BCUT2D eigenvalue weighted by atomic mass is 16.3. The first-order valence-corrected chi connectivity index (χ1v) is 19.9. The molecular formula is C54H39NO2. The first kappa shape index (κ1) is 32.4. The predicted octanol–water partition coefficient (Wildman–Crippen LogP) is 15.2. The monoisotopic (exact) mass is 733 g/mol. The third kappa shape index (κ3) is 4.48. The molecule has 2 heterocycles. The lowest BCUT2D eigenvalue weighted by molar-refractivity contribution is 0.660. The van der Waals surface area contributed by atoms with Gasteiger partial charge in [0, 0.05) is 61.1 Å². The normalized spacial score (nSPS) is 14.6. The number of fused-ring (bicyclic) bond motifs is 12. The Balaban J connectivity index is 1.03. The molecule has 0 unspecified atom stereocenters. The van der Waals surface area contributed by atoms with E-state index < -0.39 is 0 Å². The Hall–Kier alpha value is -6.84. The molecule has 0 saturated carbocycles. The van der Waals surface area contributed by atoms with Gasteiger partial charge in [0.25, 0.3) is 0 Å². The zero-order valence-electron chi connectivity index (χ0n) is 32.4. The van der Waals surface area contributed by atoms with Crippen molar-refractivity contribution in [1.82, 2.24) is 0 Å². The van der Waals surface area contributed by atoms with Gasteiger partial charge in [0.15, 0.2) is 0 Å². The zero-order chi connectivity index (χ0) is 38.2. The van der Waals surface area contributed by atoms with E-state index in [0.717, 1.165) is 72.1 Å². The molecule has 12 rings (SSSR count). The lowest BCUT2D eigenvalue weighted by Gasteiger charge is -2.29. The maximum atomic E-state index is 6.79. The molecule has 0 N–H and O–H groups in total. The maximum absolute atomic E-state index is 6.79. The van der Waals surface area contributed by atoms with Crippen LogP contribution in [0.3, 0.4) is 0 Å². The molecule has 0 atom stereocenters. The maximum Gasteiger partial charge on any atom is 0.143 e. The molecule has 0 fully saturated rings. The summed E-state index contributed by atoms with van der Waals surface area (Å²) in [6, 6.07) is 59.6. The number of para-hydroxylation sites is 1. The minimum atomic E-state index is -0.124. The van der Waals surface area contributed by atoms with E-state index in [-0.39, 0.29) is 10.8 Å². The molecule has 0 saturated heterocycles. The average molecular weight is 734 g/mol. The summed E-state index contributed by atoms with van der Waals surface area (Å²) in [5.74, 6) is 0. The first-order chi connectivity index (χ1) is 27.8. The Kier molecular flexibility index (Phi) is 6.46. The van der Waals surface area contributed by atoms with Gasteiger partial charge in [-0.1, -0.05) is 137 Å². The van der Waals surface area contributed by atoms with Crippen molar-refractivity contribution in [2.45, 2.75) is 38.5 Å². The molecule has 57 heavy (non-hydrogen) atoms. The van der Waals surface area contributed by atoms with Crippen LogP contribution in [0.15, 0.2) is 173 Å². The van der Waals surface area contributed by atoms with E-state index >= 15 is 0 Å². The van der Waals surface area contributed by atoms with Gasteiger partial charge >= 0.3 is 0 Å². The van der Waals surface area contributed by atoms with Crippen LogP contribution in [-0.4, -0.2) is 0 Å². The van der Waals surface area contributed by atoms with Crippen LogP contribution >= 0.6 is 0 Å². The van der Waals surface area contributed by atoms with E-state index in [1.807, 2.05) is 6.07 Å². The second-order valence-corrected chi connectivity index (χ2v) is 16.9. The number of hydrogen-bond donors (Lipinski definition) is 0. The summed E-state index contributed by atoms with van der Waals surface area (Å²) >= 11 is 0. The molecule has 0 spiro atoms. The predicted molar refractivity (Wildman–Crippen MR) is 236 cm³/mol. The van der Waals surface area contributed by atoms with Gasteiger partial charge in [0.05, 0.1) is 0 Å². The number of furan rings is 2. The van der Waals surface area contributed by atoms with E-state index in [2.05, 4.69) is 190 Å². The Labute approximate surface area is 331 Å². The van der Waals surface area contributed by atoms with Gasteiger partial charge < -0.3 is 13.7 Å². The highest BCUT2D eigenvalue weighted by Crippen LogP contribution is 2.53. The van der Waals surface area contributed by atoms with E-state index in [1.165, 1.54) is 44.5 Å². The molecular weight excluding hydrogens is 695 g/mol. The van der Waals surface area contributed by atoms with Crippen LogP contribution in [0, 0.1) is 0 Å². The minimum absolute atomic E-state index is 0.124. The second kappa shape index (κ2) is 11.4. The minimum Gasteiger partial charge on any atom is -0.456 e. The fourth-order valence-electron chi connectivity index (χ4n) is 10.1. The van der Waals surface area contributed by atoms with Crippen LogP contribution in [0.1, 0.15) is 49.9 Å². The lowest BCUT2D eigenvalue weighted by Crippen LogP contribution is -2.18. The van der Waals surface area contributed by atoms with Gasteiger partial charge in [-0.2, -0.15) is 0 Å². The van der Waals surface area contributed by atoms with Crippen molar-refractivity contribution in [1.29, 1.82) is 0 Å². The summed E-state index contributed by atoms with van der Waals surface area (Å²) in [4.78, 5) is 2.41. The van der Waals surface area contributed by atoms with Gasteiger partial charge in [0.1, 0.15) is 22.3 Å². The molecule has 2 aliphatic carbocycles. The fraction of sp³-hybridized carbons (Fsp3) is 0.111. The summed E-state index contributed by atoms with van der Waals surface area (Å²) < 4.78 is 13.4. The van der Waals surface area contributed by atoms with E-state index in [0.29, 0.717) is 0 Å². The summed E-state index contributed by atoms with van der Waals surface area (Å²) in [6.07, 6.45) is 0. The number of nitrogens with zero attached hydrogens (tertiary/aromatic N) is 1. The topological polar surface area (TPSA) is 29.5 Å². The van der Waals surface area contributed by atoms with Crippen molar-refractivity contribution in [3.8, 4) is 33.4 Å². The molecule has 2 aliphatic rings. The average Bonchev–Trinajstić information content (AvgIpc) is 3.92. The van der Waals surface area contributed by atoms with Crippen molar-refractivity contribution in [2.24, 2.45) is 0 Å². The Morgan fingerprint density at radius 2 is 0.842 bits per heavy atom. The summed E-state index contributed by atoms with van der Waals surface area (Å²) in [7, 11) is 0. The quantitative estimate of drug-likeness (QED) is 0.180. The van der Waals surface area contributed by atoms with Gasteiger partial charge in [-0.25, -0.2) is 0 Å².